The number of para-hydroxylation sites is 1. The van der Waals surface area contributed by atoms with Gasteiger partial charge in [0.15, 0.2) is 0 Å². The van der Waals surface area contributed by atoms with Gasteiger partial charge in [-0.25, -0.2) is 0 Å². The summed E-state index contributed by atoms with van der Waals surface area (Å²) in [5.74, 6) is -0.663. The van der Waals surface area contributed by atoms with E-state index < -0.39 is 29.6 Å². The van der Waals surface area contributed by atoms with Crippen LogP contribution >= 0.6 is 23.4 Å². The summed E-state index contributed by atoms with van der Waals surface area (Å²) in [6.07, 6.45) is -2.46. The number of nitrogens with one attached hydrogen (secondary N) is 3. The van der Waals surface area contributed by atoms with Gasteiger partial charge in [-0.2, -0.15) is 24.9 Å². The van der Waals surface area contributed by atoms with E-state index in [2.05, 4.69) is 16.2 Å². The van der Waals surface area contributed by atoms with Crippen molar-refractivity contribution in [3.8, 4) is 0 Å². The third-order valence-corrected chi connectivity index (χ3v) is 4.88. The van der Waals surface area contributed by atoms with Crippen molar-refractivity contribution in [2.75, 3.05) is 17.4 Å². The second kappa shape index (κ2) is 10.4. The topological polar surface area (TPSA) is 70.2 Å². The number of thioether (sulfide) groups is 1. The Morgan fingerprint density at radius 2 is 1.76 bits per heavy atom. The highest BCUT2D eigenvalue weighted by Gasteiger charge is 2.33. The third-order valence-electron chi connectivity index (χ3n) is 3.90. The first-order valence-corrected chi connectivity index (χ1v) is 10.3. The van der Waals surface area contributed by atoms with Gasteiger partial charge >= 0.3 is 6.18 Å². The number of amides is 2. The molecule has 5 nitrogen and oxygen atoms in total. The molecule has 0 aliphatic rings. The molecular formula is C19H19ClF3N3O2S. The molecule has 0 heterocycles. The first kappa shape index (κ1) is 22.9. The molecule has 0 spiro atoms. The van der Waals surface area contributed by atoms with Crippen LogP contribution in [0.1, 0.15) is 22.3 Å². The van der Waals surface area contributed by atoms with Crippen molar-refractivity contribution in [2.24, 2.45) is 0 Å². The molecule has 0 aromatic heterocycles. The van der Waals surface area contributed by atoms with Crippen LogP contribution in [-0.4, -0.2) is 29.9 Å². The lowest BCUT2D eigenvalue weighted by atomic mass is 10.1. The number of benzene rings is 2. The molecule has 0 aliphatic carbocycles. The number of carbonyl (C=O) groups is 2. The summed E-state index contributed by atoms with van der Waals surface area (Å²) in [4.78, 5) is 25.0. The molecule has 2 amide bonds. The smallest absolute Gasteiger partial charge is 0.340 e. The second-order valence-electron chi connectivity index (χ2n) is 5.94. The van der Waals surface area contributed by atoms with Crippen molar-refractivity contribution in [1.29, 1.82) is 0 Å². The molecule has 1 atom stereocenters. The van der Waals surface area contributed by atoms with Crippen molar-refractivity contribution < 1.29 is 22.8 Å². The number of halogens is 4. The molecule has 0 aliphatic heterocycles. The predicted octanol–water partition coefficient (Wildman–Crippen LogP) is 4.35. The molecule has 0 fully saturated rings. The lowest BCUT2D eigenvalue weighted by Gasteiger charge is -2.20. The third kappa shape index (κ3) is 6.57. The average molecular weight is 446 g/mol. The standard InChI is InChI=1S/C19H19ClF3N3O2S/c1-29-11-10-16(24-17(27)12-6-2-4-8-14(12)20)18(28)26-25-15-9-5-3-7-13(15)19(21,22)23/h2-9,16,25H,10-11H2,1H3,(H,24,27)(H,26,28). The van der Waals surface area contributed by atoms with E-state index >= 15 is 0 Å². The molecule has 10 heteroatoms. The monoisotopic (exact) mass is 445 g/mol. The quantitative estimate of drug-likeness (QED) is 0.528. The fraction of sp³-hybridized carbons (Fsp3) is 0.263. The summed E-state index contributed by atoms with van der Waals surface area (Å²) in [5.41, 5.74) is 3.53. The van der Waals surface area contributed by atoms with Gasteiger partial charge in [0.25, 0.3) is 11.8 Å². The van der Waals surface area contributed by atoms with Gasteiger partial charge in [-0.05, 0) is 42.7 Å². The Hall–Kier alpha value is -2.39. The van der Waals surface area contributed by atoms with Gasteiger partial charge in [0.2, 0.25) is 0 Å². The number of anilines is 1. The molecule has 29 heavy (non-hydrogen) atoms. The minimum absolute atomic E-state index is 0.200. The van der Waals surface area contributed by atoms with Crippen molar-refractivity contribution >= 4 is 40.9 Å². The fourth-order valence-electron chi connectivity index (χ4n) is 2.44. The van der Waals surface area contributed by atoms with Gasteiger partial charge in [0.05, 0.1) is 21.8 Å². The van der Waals surface area contributed by atoms with Crippen LogP contribution in [0.3, 0.4) is 0 Å². The molecule has 2 aromatic rings. The molecule has 2 aromatic carbocycles. The Labute approximate surface area is 175 Å². The van der Waals surface area contributed by atoms with Crippen LogP contribution in [0, 0.1) is 0 Å². The van der Waals surface area contributed by atoms with Crippen molar-refractivity contribution in [3.63, 3.8) is 0 Å². The zero-order valence-electron chi connectivity index (χ0n) is 15.3. The van der Waals surface area contributed by atoms with E-state index in [0.717, 1.165) is 6.07 Å². The Morgan fingerprint density at radius 3 is 2.41 bits per heavy atom. The van der Waals surface area contributed by atoms with E-state index in [1.165, 1.54) is 36.0 Å². The maximum absolute atomic E-state index is 13.1. The molecular weight excluding hydrogens is 427 g/mol. The van der Waals surface area contributed by atoms with Crippen LogP contribution in [-0.2, 0) is 11.0 Å². The summed E-state index contributed by atoms with van der Waals surface area (Å²) in [5, 5.41) is 2.81. The molecule has 0 radical (unpaired) electrons. The summed E-state index contributed by atoms with van der Waals surface area (Å²) in [6.45, 7) is 0. The van der Waals surface area contributed by atoms with Gasteiger partial charge in [0, 0.05) is 0 Å². The van der Waals surface area contributed by atoms with Crippen LogP contribution < -0.4 is 16.2 Å². The van der Waals surface area contributed by atoms with Crippen LogP contribution in [0.2, 0.25) is 5.02 Å². The molecule has 2 rings (SSSR count). The highest BCUT2D eigenvalue weighted by atomic mass is 35.5. The van der Waals surface area contributed by atoms with E-state index in [1.807, 2.05) is 6.26 Å². The second-order valence-corrected chi connectivity index (χ2v) is 7.34. The largest absolute Gasteiger partial charge is 0.418 e. The van der Waals surface area contributed by atoms with Crippen molar-refractivity contribution in [2.45, 2.75) is 18.6 Å². The molecule has 156 valence electrons. The lowest BCUT2D eigenvalue weighted by Crippen LogP contribution is -2.48. The predicted molar refractivity (Wildman–Crippen MR) is 109 cm³/mol. The van der Waals surface area contributed by atoms with E-state index in [0.29, 0.717) is 5.75 Å². The summed E-state index contributed by atoms with van der Waals surface area (Å²) in [6, 6.07) is 10.2. The first-order chi connectivity index (χ1) is 13.7. The minimum Gasteiger partial charge on any atom is -0.340 e. The molecule has 1 unspecified atom stereocenters. The fourth-order valence-corrected chi connectivity index (χ4v) is 3.13. The Kier molecular flexibility index (Phi) is 8.21. The summed E-state index contributed by atoms with van der Waals surface area (Å²) < 4.78 is 39.2. The number of hydrogen-bond donors (Lipinski definition) is 3. The Morgan fingerprint density at radius 1 is 1.10 bits per heavy atom. The molecule has 3 N–H and O–H groups in total. The highest BCUT2D eigenvalue weighted by Crippen LogP contribution is 2.34. The van der Waals surface area contributed by atoms with Gasteiger partial charge < -0.3 is 5.32 Å². The molecule has 0 bridgehead atoms. The lowest BCUT2D eigenvalue weighted by molar-refractivity contribution is -0.137. The molecule has 0 saturated carbocycles. The number of hydrogen-bond acceptors (Lipinski definition) is 4. The minimum atomic E-state index is -4.58. The number of carbonyl (C=O) groups excluding carboxylic acids is 2. The highest BCUT2D eigenvalue weighted by molar-refractivity contribution is 7.98. The number of alkyl halides is 3. The Bertz CT molecular complexity index is 865. The van der Waals surface area contributed by atoms with Crippen LogP contribution in [0.5, 0.6) is 0 Å². The van der Waals surface area contributed by atoms with Crippen molar-refractivity contribution in [3.05, 3.63) is 64.7 Å². The first-order valence-electron chi connectivity index (χ1n) is 8.50. The maximum Gasteiger partial charge on any atom is 0.418 e. The SMILES string of the molecule is CSCCC(NC(=O)c1ccccc1Cl)C(=O)NNc1ccccc1C(F)(F)F. The summed E-state index contributed by atoms with van der Waals surface area (Å²) in [7, 11) is 0. The van der Waals surface area contributed by atoms with Crippen molar-refractivity contribution in [1.82, 2.24) is 10.7 Å². The normalized spacial score (nSPS) is 12.2. The van der Waals surface area contributed by atoms with Gasteiger partial charge in [-0.1, -0.05) is 35.9 Å². The average Bonchev–Trinajstić information content (AvgIpc) is 2.69. The van der Waals surface area contributed by atoms with E-state index in [-0.39, 0.29) is 22.7 Å². The van der Waals surface area contributed by atoms with Gasteiger partial charge in [-0.15, -0.1) is 0 Å². The van der Waals surface area contributed by atoms with Gasteiger partial charge in [-0.3, -0.25) is 20.4 Å². The van der Waals surface area contributed by atoms with E-state index in [4.69, 9.17) is 11.6 Å². The maximum atomic E-state index is 13.1. The van der Waals surface area contributed by atoms with Gasteiger partial charge in [0.1, 0.15) is 6.04 Å². The van der Waals surface area contributed by atoms with E-state index in [1.54, 1.807) is 18.2 Å². The van der Waals surface area contributed by atoms with Crippen LogP contribution in [0.4, 0.5) is 18.9 Å². The number of rotatable bonds is 8. The van der Waals surface area contributed by atoms with E-state index in [9.17, 15) is 22.8 Å². The summed E-state index contributed by atoms with van der Waals surface area (Å²) >= 11 is 7.47. The zero-order valence-corrected chi connectivity index (χ0v) is 16.9. The number of hydrazine groups is 1. The Balaban J connectivity index is 2.10. The zero-order chi connectivity index (χ0) is 21.4. The van der Waals surface area contributed by atoms with Crippen LogP contribution in [0.25, 0.3) is 0 Å². The molecule has 0 saturated heterocycles. The van der Waals surface area contributed by atoms with Crippen LogP contribution in [0.15, 0.2) is 48.5 Å².